The molecule has 0 fully saturated rings. The van der Waals surface area contributed by atoms with E-state index in [-0.39, 0.29) is 11.8 Å². The summed E-state index contributed by atoms with van der Waals surface area (Å²) in [5.41, 5.74) is 0. The van der Waals surface area contributed by atoms with Crippen molar-refractivity contribution in [3.8, 4) is 0 Å². The van der Waals surface area contributed by atoms with Gasteiger partial charge in [0.15, 0.2) is 0 Å². The SMILES string of the molecule is COCC(C)CNC(C)CS(C)(=O)=O. The van der Waals surface area contributed by atoms with E-state index in [1.807, 2.05) is 6.92 Å². The summed E-state index contributed by atoms with van der Waals surface area (Å²) < 4.78 is 26.9. The zero-order chi connectivity index (χ0) is 11.2. The predicted octanol–water partition coefficient (Wildman–Crippen LogP) is 0.292. The van der Waals surface area contributed by atoms with Gasteiger partial charge in [0, 0.05) is 32.6 Å². The van der Waals surface area contributed by atoms with Crippen LogP contribution in [0.15, 0.2) is 0 Å². The Labute approximate surface area is 86.9 Å². The van der Waals surface area contributed by atoms with Crippen LogP contribution in [0.5, 0.6) is 0 Å². The molecule has 0 spiro atoms. The number of ether oxygens (including phenoxy) is 1. The smallest absolute Gasteiger partial charge is 0.148 e. The summed E-state index contributed by atoms with van der Waals surface area (Å²) in [6.07, 6.45) is 1.25. The molecule has 0 amide bonds. The molecular formula is C9H21NO3S. The zero-order valence-electron chi connectivity index (χ0n) is 9.41. The number of nitrogens with one attached hydrogen (secondary N) is 1. The van der Waals surface area contributed by atoms with Gasteiger partial charge in [-0.25, -0.2) is 8.42 Å². The van der Waals surface area contributed by atoms with Crippen molar-refractivity contribution in [3.63, 3.8) is 0 Å². The maximum Gasteiger partial charge on any atom is 0.148 e. The van der Waals surface area contributed by atoms with E-state index in [0.29, 0.717) is 12.5 Å². The lowest BCUT2D eigenvalue weighted by molar-refractivity contribution is 0.157. The van der Waals surface area contributed by atoms with Gasteiger partial charge >= 0.3 is 0 Å². The first-order valence-electron chi connectivity index (χ1n) is 4.75. The Morgan fingerprint density at radius 2 is 1.93 bits per heavy atom. The van der Waals surface area contributed by atoms with Crippen molar-refractivity contribution in [2.24, 2.45) is 5.92 Å². The van der Waals surface area contributed by atoms with Crippen LogP contribution in [0.2, 0.25) is 0 Å². The molecule has 0 saturated carbocycles. The molecule has 0 aliphatic heterocycles. The van der Waals surface area contributed by atoms with E-state index < -0.39 is 9.84 Å². The average Bonchev–Trinajstić information content (AvgIpc) is 1.98. The Morgan fingerprint density at radius 1 is 1.36 bits per heavy atom. The summed E-state index contributed by atoms with van der Waals surface area (Å²) in [6.45, 7) is 5.41. The highest BCUT2D eigenvalue weighted by Gasteiger charge is 2.10. The van der Waals surface area contributed by atoms with Crippen LogP contribution in [0, 0.1) is 5.92 Å². The molecule has 2 atom stereocenters. The maximum absolute atomic E-state index is 10.9. The van der Waals surface area contributed by atoms with Crippen molar-refractivity contribution in [1.82, 2.24) is 5.32 Å². The fourth-order valence-corrected chi connectivity index (χ4v) is 2.28. The first kappa shape index (κ1) is 13.9. The van der Waals surface area contributed by atoms with Gasteiger partial charge < -0.3 is 10.1 Å². The van der Waals surface area contributed by atoms with E-state index in [1.54, 1.807) is 7.11 Å². The molecule has 0 aliphatic carbocycles. The Balaban J connectivity index is 3.69. The zero-order valence-corrected chi connectivity index (χ0v) is 10.2. The van der Waals surface area contributed by atoms with Crippen LogP contribution >= 0.6 is 0 Å². The number of hydrogen-bond acceptors (Lipinski definition) is 4. The molecule has 0 aromatic rings. The van der Waals surface area contributed by atoms with Crippen molar-refractivity contribution in [2.45, 2.75) is 19.9 Å². The van der Waals surface area contributed by atoms with Gasteiger partial charge in [0.1, 0.15) is 9.84 Å². The van der Waals surface area contributed by atoms with Crippen LogP contribution in [-0.4, -0.2) is 46.7 Å². The first-order valence-corrected chi connectivity index (χ1v) is 6.81. The molecule has 4 nitrogen and oxygen atoms in total. The van der Waals surface area contributed by atoms with Crippen LogP contribution in [0.4, 0.5) is 0 Å². The van der Waals surface area contributed by atoms with Gasteiger partial charge in [-0.15, -0.1) is 0 Å². The van der Waals surface area contributed by atoms with Gasteiger partial charge in [0.05, 0.1) is 5.75 Å². The third kappa shape index (κ3) is 8.47. The molecule has 0 saturated heterocycles. The van der Waals surface area contributed by atoms with Crippen molar-refractivity contribution in [3.05, 3.63) is 0 Å². The van der Waals surface area contributed by atoms with Gasteiger partial charge in [-0.1, -0.05) is 6.92 Å². The van der Waals surface area contributed by atoms with Crippen LogP contribution in [0.25, 0.3) is 0 Å². The van der Waals surface area contributed by atoms with Crippen molar-refractivity contribution >= 4 is 9.84 Å². The van der Waals surface area contributed by atoms with Crippen LogP contribution in [0.1, 0.15) is 13.8 Å². The molecule has 5 heteroatoms. The third-order valence-corrected chi connectivity index (χ3v) is 2.92. The van der Waals surface area contributed by atoms with Crippen LogP contribution < -0.4 is 5.32 Å². The molecule has 0 radical (unpaired) electrons. The van der Waals surface area contributed by atoms with Gasteiger partial charge in [-0.3, -0.25) is 0 Å². The van der Waals surface area contributed by atoms with Gasteiger partial charge in [0.2, 0.25) is 0 Å². The molecule has 0 aliphatic rings. The van der Waals surface area contributed by atoms with Crippen molar-refractivity contribution in [2.75, 3.05) is 32.3 Å². The standard InChI is InChI=1S/C9H21NO3S/c1-8(6-13-3)5-10-9(2)7-14(4,11)12/h8-10H,5-7H2,1-4H3. The molecule has 0 aromatic heterocycles. The largest absolute Gasteiger partial charge is 0.384 e. The Kier molecular flexibility index (Phi) is 6.31. The minimum Gasteiger partial charge on any atom is -0.384 e. The van der Waals surface area contributed by atoms with Crippen molar-refractivity contribution < 1.29 is 13.2 Å². The van der Waals surface area contributed by atoms with E-state index in [0.717, 1.165) is 6.54 Å². The monoisotopic (exact) mass is 223 g/mol. The van der Waals surface area contributed by atoms with Crippen molar-refractivity contribution in [1.29, 1.82) is 0 Å². The molecule has 86 valence electrons. The molecule has 2 unspecified atom stereocenters. The van der Waals surface area contributed by atoms with Gasteiger partial charge in [-0.2, -0.15) is 0 Å². The molecular weight excluding hydrogens is 202 g/mol. The number of sulfone groups is 1. The lowest BCUT2D eigenvalue weighted by Gasteiger charge is -2.16. The summed E-state index contributed by atoms with van der Waals surface area (Å²) in [5.74, 6) is 0.592. The van der Waals surface area contributed by atoms with Gasteiger partial charge in [0.25, 0.3) is 0 Å². The fourth-order valence-electron chi connectivity index (χ4n) is 1.26. The molecule has 0 bridgehead atoms. The third-order valence-electron chi connectivity index (χ3n) is 1.82. The number of methoxy groups -OCH3 is 1. The number of hydrogen-bond donors (Lipinski definition) is 1. The summed E-state index contributed by atoms with van der Waals surface area (Å²) in [4.78, 5) is 0. The second kappa shape index (κ2) is 6.37. The lowest BCUT2D eigenvalue weighted by atomic mass is 10.2. The van der Waals surface area contributed by atoms with E-state index in [2.05, 4.69) is 12.2 Å². The molecule has 0 rings (SSSR count). The van der Waals surface area contributed by atoms with Crippen LogP contribution in [-0.2, 0) is 14.6 Å². The van der Waals surface area contributed by atoms with Crippen LogP contribution in [0.3, 0.4) is 0 Å². The summed E-state index contributed by atoms with van der Waals surface area (Å²) in [7, 11) is -1.21. The molecule has 0 heterocycles. The number of rotatable bonds is 7. The molecule has 14 heavy (non-hydrogen) atoms. The molecule has 0 aromatic carbocycles. The van der Waals surface area contributed by atoms with E-state index in [9.17, 15) is 8.42 Å². The Morgan fingerprint density at radius 3 is 2.36 bits per heavy atom. The highest BCUT2D eigenvalue weighted by Crippen LogP contribution is 1.95. The normalized spacial score (nSPS) is 16.6. The maximum atomic E-state index is 10.9. The van der Waals surface area contributed by atoms with E-state index in [4.69, 9.17) is 4.74 Å². The minimum atomic E-state index is -2.88. The second-order valence-electron chi connectivity index (χ2n) is 3.96. The van der Waals surface area contributed by atoms with E-state index >= 15 is 0 Å². The fraction of sp³-hybridized carbons (Fsp3) is 1.00. The summed E-state index contributed by atoms with van der Waals surface area (Å²) >= 11 is 0. The highest BCUT2D eigenvalue weighted by atomic mass is 32.2. The second-order valence-corrected chi connectivity index (χ2v) is 6.15. The lowest BCUT2D eigenvalue weighted by Crippen LogP contribution is -2.36. The highest BCUT2D eigenvalue weighted by molar-refractivity contribution is 7.90. The average molecular weight is 223 g/mol. The quantitative estimate of drug-likeness (QED) is 0.674. The molecule has 1 N–H and O–H groups in total. The summed E-state index contributed by atoms with van der Waals surface area (Å²) in [6, 6.07) is 0.00399. The predicted molar refractivity (Wildman–Crippen MR) is 58.2 cm³/mol. The summed E-state index contributed by atoms with van der Waals surface area (Å²) in [5, 5.41) is 3.16. The Bertz CT molecular complexity index is 238. The first-order chi connectivity index (χ1) is 6.35. The topological polar surface area (TPSA) is 55.4 Å². The van der Waals surface area contributed by atoms with Gasteiger partial charge in [-0.05, 0) is 12.8 Å². The Hall–Kier alpha value is -0.130. The van der Waals surface area contributed by atoms with E-state index in [1.165, 1.54) is 6.26 Å². The minimum absolute atomic E-state index is 0.00399.